The Hall–Kier alpha value is -0.660. The molecule has 2 heterocycles. The number of hydrogen-bond acceptors (Lipinski definition) is 3. The minimum atomic E-state index is -3.68. The molecule has 3 unspecified atom stereocenters. The maximum atomic E-state index is 12.9. The van der Waals surface area contributed by atoms with E-state index in [0.717, 1.165) is 32.1 Å². The van der Waals surface area contributed by atoms with Crippen LogP contribution in [0, 0.1) is 0 Å². The molecule has 0 aliphatic carbocycles. The van der Waals surface area contributed by atoms with Gasteiger partial charge in [0.25, 0.3) is 10.2 Å². The van der Waals surface area contributed by atoms with Crippen molar-refractivity contribution in [2.45, 2.75) is 70.5 Å². The number of piperidine rings is 1. The summed E-state index contributed by atoms with van der Waals surface area (Å²) in [6, 6.07) is -0.938. The van der Waals surface area contributed by atoms with E-state index in [0.29, 0.717) is 13.0 Å². The molecule has 0 bridgehead atoms. The molecule has 116 valence electrons. The van der Waals surface area contributed by atoms with Crippen molar-refractivity contribution in [3.05, 3.63) is 0 Å². The Bertz CT molecular complexity index is 465. The van der Waals surface area contributed by atoms with Gasteiger partial charge < -0.3 is 5.11 Å². The van der Waals surface area contributed by atoms with E-state index in [9.17, 15) is 18.3 Å². The van der Waals surface area contributed by atoms with Gasteiger partial charge >= 0.3 is 5.97 Å². The molecule has 20 heavy (non-hydrogen) atoms. The molecule has 2 aliphatic rings. The molecule has 0 radical (unpaired) electrons. The summed E-state index contributed by atoms with van der Waals surface area (Å²) >= 11 is 0. The third-order valence-corrected chi connectivity index (χ3v) is 6.71. The molecule has 0 amide bonds. The summed E-state index contributed by atoms with van der Waals surface area (Å²) in [4.78, 5) is 11.3. The molecule has 1 N–H and O–H groups in total. The van der Waals surface area contributed by atoms with Crippen molar-refractivity contribution in [2.75, 3.05) is 6.54 Å². The van der Waals surface area contributed by atoms with Gasteiger partial charge in [-0.05, 0) is 45.4 Å². The minimum absolute atomic E-state index is 0.00590. The average Bonchev–Trinajstić information content (AvgIpc) is 2.80. The van der Waals surface area contributed by atoms with E-state index < -0.39 is 22.2 Å². The van der Waals surface area contributed by atoms with Crippen LogP contribution in [0.25, 0.3) is 0 Å². The normalized spacial score (nSPS) is 33.4. The quantitative estimate of drug-likeness (QED) is 0.852. The van der Waals surface area contributed by atoms with Crippen LogP contribution in [0.2, 0.25) is 0 Å². The molecule has 2 fully saturated rings. The maximum Gasteiger partial charge on any atom is 0.322 e. The second-order valence-corrected chi connectivity index (χ2v) is 7.57. The monoisotopic (exact) mass is 304 g/mol. The Morgan fingerprint density at radius 2 is 1.95 bits per heavy atom. The van der Waals surface area contributed by atoms with Crippen LogP contribution in [0.15, 0.2) is 0 Å². The highest BCUT2D eigenvalue weighted by Crippen LogP contribution is 2.33. The molecule has 0 saturated carbocycles. The summed E-state index contributed by atoms with van der Waals surface area (Å²) < 4.78 is 28.5. The van der Waals surface area contributed by atoms with Crippen LogP contribution in [-0.4, -0.2) is 52.8 Å². The molecule has 0 aromatic carbocycles. The summed E-state index contributed by atoms with van der Waals surface area (Å²) in [7, 11) is -3.68. The fourth-order valence-corrected chi connectivity index (χ4v) is 5.71. The molecule has 3 atom stereocenters. The first-order valence-electron chi connectivity index (χ1n) is 7.42. The molecule has 0 aromatic heterocycles. The molecular weight excluding hydrogens is 280 g/mol. The van der Waals surface area contributed by atoms with Crippen LogP contribution in [0.3, 0.4) is 0 Å². The van der Waals surface area contributed by atoms with Crippen LogP contribution < -0.4 is 0 Å². The largest absolute Gasteiger partial charge is 0.480 e. The van der Waals surface area contributed by atoms with Crippen molar-refractivity contribution < 1.29 is 18.3 Å². The molecule has 2 aliphatic heterocycles. The topological polar surface area (TPSA) is 77.9 Å². The standard InChI is InChI=1S/C13H24N2O4S/c1-3-11-8-7-10(2)15(11)20(18,19)14-9-5-4-6-12(14)13(16)17/h10-12H,3-9H2,1-2H3,(H,16,17). The lowest BCUT2D eigenvalue weighted by Gasteiger charge is -2.38. The smallest absolute Gasteiger partial charge is 0.322 e. The number of hydrogen-bond donors (Lipinski definition) is 1. The molecule has 2 rings (SSSR count). The van der Waals surface area contributed by atoms with E-state index in [1.54, 1.807) is 4.31 Å². The Morgan fingerprint density at radius 3 is 2.55 bits per heavy atom. The summed E-state index contributed by atoms with van der Waals surface area (Å²) in [5.74, 6) is -1.03. The van der Waals surface area contributed by atoms with Crippen LogP contribution >= 0.6 is 0 Å². The van der Waals surface area contributed by atoms with Crippen molar-refractivity contribution in [1.82, 2.24) is 8.61 Å². The van der Waals surface area contributed by atoms with Crippen LogP contribution in [-0.2, 0) is 15.0 Å². The van der Waals surface area contributed by atoms with Gasteiger partial charge in [0, 0.05) is 18.6 Å². The summed E-state index contributed by atoms with van der Waals surface area (Å²) in [6.45, 7) is 4.21. The highest BCUT2D eigenvalue weighted by atomic mass is 32.2. The number of aliphatic carboxylic acids is 1. The van der Waals surface area contributed by atoms with Crippen molar-refractivity contribution >= 4 is 16.2 Å². The number of carboxylic acid groups (broad SMARTS) is 1. The van der Waals surface area contributed by atoms with Crippen molar-refractivity contribution in [3.63, 3.8) is 0 Å². The summed E-state index contributed by atoms with van der Waals surface area (Å²) in [6.07, 6.45) is 4.41. The Balaban J connectivity index is 2.30. The van der Waals surface area contributed by atoms with Gasteiger partial charge in [0.1, 0.15) is 6.04 Å². The fraction of sp³-hybridized carbons (Fsp3) is 0.923. The Morgan fingerprint density at radius 1 is 1.25 bits per heavy atom. The van der Waals surface area contributed by atoms with E-state index in [4.69, 9.17) is 0 Å². The van der Waals surface area contributed by atoms with Crippen LogP contribution in [0.1, 0.15) is 52.4 Å². The van der Waals surface area contributed by atoms with E-state index in [1.807, 2.05) is 13.8 Å². The maximum absolute atomic E-state index is 12.9. The van der Waals surface area contributed by atoms with E-state index in [-0.39, 0.29) is 12.1 Å². The second kappa shape index (κ2) is 5.99. The lowest BCUT2D eigenvalue weighted by molar-refractivity contribution is -0.142. The number of carbonyl (C=O) groups is 1. The SMILES string of the molecule is CCC1CCC(C)N1S(=O)(=O)N1CCCCC1C(=O)O. The Kier molecular flexibility index (Phi) is 4.71. The lowest BCUT2D eigenvalue weighted by Crippen LogP contribution is -2.55. The summed E-state index contributed by atoms with van der Waals surface area (Å²) in [5, 5.41) is 9.28. The lowest BCUT2D eigenvalue weighted by atomic mass is 10.1. The van der Waals surface area contributed by atoms with Gasteiger partial charge in [0.05, 0.1) is 0 Å². The van der Waals surface area contributed by atoms with Gasteiger partial charge in [0.15, 0.2) is 0 Å². The third-order valence-electron chi connectivity index (χ3n) is 4.48. The number of carboxylic acids is 1. The highest BCUT2D eigenvalue weighted by molar-refractivity contribution is 7.86. The first-order chi connectivity index (χ1) is 9.39. The van der Waals surface area contributed by atoms with E-state index >= 15 is 0 Å². The fourth-order valence-electron chi connectivity index (χ4n) is 3.40. The van der Waals surface area contributed by atoms with Gasteiger partial charge in [-0.25, -0.2) is 0 Å². The van der Waals surface area contributed by atoms with Gasteiger partial charge in [-0.2, -0.15) is 17.0 Å². The van der Waals surface area contributed by atoms with Crippen LogP contribution in [0.5, 0.6) is 0 Å². The highest BCUT2D eigenvalue weighted by Gasteiger charge is 2.45. The molecule has 2 saturated heterocycles. The zero-order valence-corrected chi connectivity index (χ0v) is 13.0. The molecule has 0 spiro atoms. The molecule has 0 aromatic rings. The number of nitrogens with zero attached hydrogens (tertiary/aromatic N) is 2. The summed E-state index contributed by atoms with van der Waals surface area (Å²) in [5.41, 5.74) is 0. The van der Waals surface area contributed by atoms with Gasteiger partial charge in [-0.1, -0.05) is 6.92 Å². The first-order valence-corrected chi connectivity index (χ1v) is 8.82. The van der Waals surface area contributed by atoms with Crippen molar-refractivity contribution in [3.8, 4) is 0 Å². The molecule has 6 nitrogen and oxygen atoms in total. The van der Waals surface area contributed by atoms with Gasteiger partial charge in [0.2, 0.25) is 0 Å². The molecule has 7 heteroatoms. The first kappa shape index (κ1) is 15.7. The van der Waals surface area contributed by atoms with Crippen molar-refractivity contribution in [1.29, 1.82) is 0 Å². The van der Waals surface area contributed by atoms with Crippen LogP contribution in [0.4, 0.5) is 0 Å². The van der Waals surface area contributed by atoms with Gasteiger partial charge in [-0.3, -0.25) is 4.79 Å². The van der Waals surface area contributed by atoms with E-state index in [1.165, 1.54) is 4.31 Å². The third kappa shape index (κ3) is 2.71. The van der Waals surface area contributed by atoms with Gasteiger partial charge in [-0.15, -0.1) is 0 Å². The van der Waals surface area contributed by atoms with E-state index in [2.05, 4.69) is 0 Å². The second-order valence-electron chi connectivity index (χ2n) is 5.79. The zero-order chi connectivity index (χ0) is 14.9. The molecular formula is C13H24N2O4S. The average molecular weight is 304 g/mol. The minimum Gasteiger partial charge on any atom is -0.480 e. The Labute approximate surface area is 120 Å². The van der Waals surface area contributed by atoms with Crippen molar-refractivity contribution in [2.24, 2.45) is 0 Å². The predicted molar refractivity (Wildman–Crippen MR) is 75.5 cm³/mol. The zero-order valence-electron chi connectivity index (χ0n) is 12.2. The predicted octanol–water partition coefficient (Wildman–Crippen LogP) is 1.43. The number of rotatable bonds is 4.